The van der Waals surface area contributed by atoms with Gasteiger partial charge < -0.3 is 22.9 Å². The molecule has 0 aromatic heterocycles. The Bertz CT molecular complexity index is 1310. The molecule has 0 N–H and O–H groups in total. The summed E-state index contributed by atoms with van der Waals surface area (Å²) in [7, 11) is 0.197. The fourth-order valence-electron chi connectivity index (χ4n) is 5.93. The molecule has 0 radical (unpaired) electrons. The van der Waals surface area contributed by atoms with Crippen molar-refractivity contribution >= 4 is 33.8 Å². The van der Waals surface area contributed by atoms with Gasteiger partial charge in [0.2, 0.25) is 0 Å². The standard InChI is InChI=1S/C31H38ClN2O4S/c1-21-6-5-8-29(37-2)27-13-10-25(27)19-34-18-24-9-12-26(32)16-22(24)7-3-4-15-38-30-14-11-23(17-28(30)34)31(35)33-39(36)20-21/h5,8-9,11-12,14,16-17,21,25,27,29H,3-4,6-7,10,13,15,18-20H2,1-2H3/q-1/b8-5-/t21-,25-,27+,29-/m0/s1. The number of anilines is 1. The minimum absolute atomic E-state index is 0.0395. The van der Waals surface area contributed by atoms with Gasteiger partial charge in [-0.15, -0.1) is 0 Å². The number of hydrogen-bond acceptors (Lipinski definition) is 6. The van der Waals surface area contributed by atoms with Crippen molar-refractivity contribution in [3.8, 4) is 5.75 Å². The second kappa shape index (κ2) is 12.9. The Kier molecular flexibility index (Phi) is 9.31. The van der Waals surface area contributed by atoms with Crippen LogP contribution in [0.3, 0.4) is 0 Å². The van der Waals surface area contributed by atoms with E-state index < -0.39 is 16.5 Å². The van der Waals surface area contributed by atoms with Crippen LogP contribution >= 0.6 is 11.6 Å². The van der Waals surface area contributed by atoms with Crippen LogP contribution in [0.15, 0.2) is 52.9 Å². The average Bonchev–Trinajstić information content (AvgIpc) is 2.92. The molecule has 8 heteroatoms. The highest BCUT2D eigenvalue weighted by Crippen LogP contribution is 2.42. The van der Waals surface area contributed by atoms with Crippen molar-refractivity contribution in [2.75, 3.05) is 30.9 Å². The van der Waals surface area contributed by atoms with Gasteiger partial charge in [-0.2, -0.15) is 10.6 Å². The third-order valence-electron chi connectivity index (χ3n) is 8.28. The molecule has 3 aliphatic rings. The number of ether oxygens (including phenoxy) is 2. The highest BCUT2D eigenvalue weighted by molar-refractivity contribution is 7.75. The maximum absolute atomic E-state index is 13.1. The van der Waals surface area contributed by atoms with E-state index in [4.69, 9.17) is 21.1 Å². The van der Waals surface area contributed by atoms with Crippen LogP contribution in [0.25, 0.3) is 0 Å². The van der Waals surface area contributed by atoms with Crippen molar-refractivity contribution in [3.05, 3.63) is 70.3 Å². The number of halogens is 1. The number of fused-ring (bicyclic) bond motifs is 3. The Hall–Kier alpha value is -2.35. The van der Waals surface area contributed by atoms with Gasteiger partial charge in [-0.05, 0) is 91.8 Å². The van der Waals surface area contributed by atoms with Crippen molar-refractivity contribution in [3.63, 3.8) is 0 Å². The third-order valence-corrected chi connectivity index (χ3v) is 9.73. The Labute approximate surface area is 238 Å². The normalized spacial score (nSPS) is 27.6. The summed E-state index contributed by atoms with van der Waals surface area (Å²) in [5.41, 5.74) is 3.80. The SMILES string of the molecule is CO[C@H]1/C=C\C[C@H](C)C[S-](=O)=NC(=O)c2ccc3c(c2)N(Cc2ccc(Cl)cc2CCCCO3)C[C@@H]2CC[C@H]21. The van der Waals surface area contributed by atoms with E-state index in [0.29, 0.717) is 36.3 Å². The molecule has 0 saturated heterocycles. The Morgan fingerprint density at radius 1 is 1.13 bits per heavy atom. The highest BCUT2D eigenvalue weighted by atomic mass is 35.5. The predicted molar refractivity (Wildman–Crippen MR) is 157 cm³/mol. The summed E-state index contributed by atoms with van der Waals surface area (Å²) in [6.45, 7) is 4.13. The van der Waals surface area contributed by atoms with E-state index in [2.05, 4.69) is 33.5 Å². The summed E-state index contributed by atoms with van der Waals surface area (Å²) >= 11 is 6.40. The molecule has 0 unspecified atom stereocenters. The van der Waals surface area contributed by atoms with Crippen LogP contribution in [0.1, 0.15) is 60.5 Å². The van der Waals surface area contributed by atoms with Crippen LogP contribution < -0.4 is 9.64 Å². The molecule has 2 heterocycles. The smallest absolute Gasteiger partial charge is 0.254 e. The first-order valence-electron chi connectivity index (χ1n) is 14.0. The van der Waals surface area contributed by atoms with Crippen LogP contribution in [0.2, 0.25) is 5.02 Å². The number of aryl methyl sites for hydroxylation is 1. The van der Waals surface area contributed by atoms with Crippen molar-refractivity contribution in [2.45, 2.75) is 58.1 Å². The maximum Gasteiger partial charge on any atom is 0.254 e. The molecular formula is C31H38ClN2O4S-. The predicted octanol–water partition coefficient (Wildman–Crippen LogP) is 6.99. The molecule has 0 spiro atoms. The summed E-state index contributed by atoms with van der Waals surface area (Å²) in [5.74, 6) is 1.66. The quantitative estimate of drug-likeness (QED) is 0.273. The molecule has 1 fully saturated rings. The zero-order valence-electron chi connectivity index (χ0n) is 22.8. The van der Waals surface area contributed by atoms with E-state index in [0.717, 1.165) is 61.5 Å². The van der Waals surface area contributed by atoms with E-state index in [1.165, 1.54) is 11.1 Å². The lowest BCUT2D eigenvalue weighted by molar-refractivity contribution is 0.0133. The number of benzene rings is 2. The van der Waals surface area contributed by atoms with Crippen molar-refractivity contribution in [1.82, 2.24) is 0 Å². The lowest BCUT2D eigenvalue weighted by atomic mass is 9.70. The molecule has 1 aliphatic carbocycles. The van der Waals surface area contributed by atoms with E-state index in [1.807, 2.05) is 25.1 Å². The van der Waals surface area contributed by atoms with Gasteiger partial charge in [-0.3, -0.25) is 4.79 Å². The first-order chi connectivity index (χ1) is 18.9. The molecule has 1 saturated carbocycles. The number of hydrogen-bond donors (Lipinski definition) is 0. The van der Waals surface area contributed by atoms with Crippen molar-refractivity contribution in [1.29, 1.82) is 0 Å². The first kappa shape index (κ1) is 28.2. The molecule has 4 atom stereocenters. The molecule has 5 rings (SSSR count). The van der Waals surface area contributed by atoms with E-state index >= 15 is 0 Å². The van der Waals surface area contributed by atoms with Crippen LogP contribution in [-0.2, 0) is 32.5 Å². The second-order valence-corrected chi connectivity index (χ2v) is 12.7. The summed E-state index contributed by atoms with van der Waals surface area (Å²) < 4.78 is 29.0. The maximum atomic E-state index is 13.1. The van der Waals surface area contributed by atoms with Gasteiger partial charge in [0.05, 0.1) is 18.4 Å². The fraction of sp³-hybridized carbons (Fsp3) is 0.516. The molecule has 1 amide bonds. The number of amides is 1. The monoisotopic (exact) mass is 569 g/mol. The summed E-state index contributed by atoms with van der Waals surface area (Å²) in [4.78, 5) is 15.5. The molecule has 2 aliphatic heterocycles. The minimum atomic E-state index is -1.59. The van der Waals surface area contributed by atoms with Gasteiger partial charge >= 0.3 is 0 Å². The first-order valence-corrected chi connectivity index (χ1v) is 15.7. The van der Waals surface area contributed by atoms with Crippen LogP contribution in [-0.4, -0.2) is 38.0 Å². The summed E-state index contributed by atoms with van der Waals surface area (Å²) in [6.07, 6.45) is 10.2. The number of carbonyl (C=O) groups is 1. The molecule has 2 bridgehead atoms. The molecule has 2 aromatic rings. The van der Waals surface area contributed by atoms with Gasteiger partial charge in [0.1, 0.15) is 5.75 Å². The largest absolute Gasteiger partial charge is 0.491 e. The lowest BCUT2D eigenvalue weighted by Gasteiger charge is -2.43. The fourth-order valence-corrected chi connectivity index (χ4v) is 7.11. The molecule has 6 nitrogen and oxygen atoms in total. The molecule has 2 aromatic carbocycles. The molecular weight excluding hydrogens is 532 g/mol. The third kappa shape index (κ3) is 6.87. The minimum Gasteiger partial charge on any atom is -0.491 e. The Balaban J connectivity index is 1.60. The van der Waals surface area contributed by atoms with Crippen LogP contribution in [0.4, 0.5) is 5.69 Å². The average molecular weight is 570 g/mol. The zero-order valence-corrected chi connectivity index (χ0v) is 24.4. The Morgan fingerprint density at radius 2 is 2.00 bits per heavy atom. The number of nitrogens with zero attached hydrogens (tertiary/aromatic N) is 2. The van der Waals surface area contributed by atoms with Gasteiger partial charge in [0, 0.05) is 30.8 Å². The lowest BCUT2D eigenvalue weighted by Crippen LogP contribution is -2.43. The Morgan fingerprint density at radius 3 is 2.79 bits per heavy atom. The van der Waals surface area contributed by atoms with Gasteiger partial charge in [0.25, 0.3) is 5.91 Å². The number of methoxy groups -OCH3 is 1. The van der Waals surface area contributed by atoms with Crippen molar-refractivity contribution < 1.29 is 18.5 Å². The molecule has 39 heavy (non-hydrogen) atoms. The van der Waals surface area contributed by atoms with Gasteiger partial charge in [-0.1, -0.05) is 48.4 Å². The summed E-state index contributed by atoms with van der Waals surface area (Å²) in [5, 5.41) is 0.749. The van der Waals surface area contributed by atoms with E-state index in [-0.39, 0.29) is 12.0 Å². The number of allylic oxidation sites excluding steroid dienone is 1. The summed E-state index contributed by atoms with van der Waals surface area (Å²) in [6, 6.07) is 11.7. The van der Waals surface area contributed by atoms with Crippen LogP contribution in [0.5, 0.6) is 5.75 Å². The number of carbonyl (C=O) groups excluding carboxylic acids is 1. The number of rotatable bonds is 1. The highest BCUT2D eigenvalue weighted by Gasteiger charge is 2.37. The van der Waals surface area contributed by atoms with Crippen LogP contribution in [0, 0.1) is 17.8 Å². The zero-order chi connectivity index (χ0) is 27.4. The van der Waals surface area contributed by atoms with Gasteiger partial charge in [-0.25, -0.2) is 0 Å². The van der Waals surface area contributed by atoms with Crippen molar-refractivity contribution in [2.24, 2.45) is 22.1 Å². The topological polar surface area (TPSA) is 68.2 Å². The van der Waals surface area contributed by atoms with E-state index in [9.17, 15) is 9.00 Å². The molecule has 210 valence electrons. The van der Waals surface area contributed by atoms with E-state index in [1.54, 1.807) is 13.2 Å². The van der Waals surface area contributed by atoms with Gasteiger partial charge in [0.15, 0.2) is 0 Å². The second-order valence-electron chi connectivity index (χ2n) is 11.1.